The molecule has 26 heavy (non-hydrogen) atoms. The van der Waals surface area contributed by atoms with Gasteiger partial charge in [-0.2, -0.15) is 5.10 Å². The summed E-state index contributed by atoms with van der Waals surface area (Å²) in [5, 5.41) is 6.54. The minimum atomic E-state index is 0.685. The van der Waals surface area contributed by atoms with Gasteiger partial charge in [0.2, 0.25) is 4.80 Å². The Balaban J connectivity index is 1.64. The van der Waals surface area contributed by atoms with Gasteiger partial charge in [0.25, 0.3) is 0 Å². The lowest BCUT2D eigenvalue weighted by Crippen LogP contribution is -2.13. The smallest absolute Gasteiger partial charge is 0.206 e. The van der Waals surface area contributed by atoms with Crippen LogP contribution in [0.1, 0.15) is 11.3 Å². The molecule has 0 spiro atoms. The van der Waals surface area contributed by atoms with E-state index in [0.717, 1.165) is 22.7 Å². The van der Waals surface area contributed by atoms with Crippen LogP contribution in [0.5, 0.6) is 0 Å². The van der Waals surface area contributed by atoms with Crippen LogP contribution in [0.25, 0.3) is 11.5 Å². The second kappa shape index (κ2) is 7.84. The summed E-state index contributed by atoms with van der Waals surface area (Å²) in [7, 11) is 0. The van der Waals surface area contributed by atoms with Gasteiger partial charge in [-0.05, 0) is 36.2 Å². The standard InChI is InChI=1S/C20H17N3O2S/c1-2-6-16(7-3-1)10-11-21-20-23(22-14-17-8-4-12-24-17)18(15-26-20)19-9-5-13-25-19/h1-9,12-15H,10-11H2/b21-20?,22-14-. The van der Waals surface area contributed by atoms with E-state index in [-0.39, 0.29) is 0 Å². The van der Waals surface area contributed by atoms with Crippen molar-refractivity contribution >= 4 is 17.6 Å². The van der Waals surface area contributed by atoms with Crippen LogP contribution in [0.2, 0.25) is 0 Å². The van der Waals surface area contributed by atoms with Gasteiger partial charge in [-0.15, -0.1) is 11.3 Å². The summed E-state index contributed by atoms with van der Waals surface area (Å²) in [6.07, 6.45) is 5.84. The highest BCUT2D eigenvalue weighted by atomic mass is 32.1. The lowest BCUT2D eigenvalue weighted by Gasteiger charge is -2.00. The lowest BCUT2D eigenvalue weighted by molar-refractivity contribution is 0.558. The van der Waals surface area contributed by atoms with E-state index in [1.54, 1.807) is 23.4 Å². The molecule has 0 aliphatic rings. The SMILES string of the molecule is C(=N/n1c(-c2ccco2)csc1=NCCc1ccccc1)/c1ccco1. The Hall–Kier alpha value is -3.12. The van der Waals surface area contributed by atoms with Gasteiger partial charge in [-0.25, -0.2) is 4.68 Å². The average molecular weight is 363 g/mol. The summed E-state index contributed by atoms with van der Waals surface area (Å²) in [5.74, 6) is 1.44. The molecule has 0 aliphatic heterocycles. The highest BCUT2D eigenvalue weighted by Gasteiger charge is 2.09. The van der Waals surface area contributed by atoms with Gasteiger partial charge in [0.05, 0.1) is 18.7 Å². The van der Waals surface area contributed by atoms with Crippen molar-refractivity contribution in [3.63, 3.8) is 0 Å². The molecule has 4 aromatic rings. The Kier molecular flexibility index (Phi) is 4.93. The second-order valence-corrected chi connectivity index (χ2v) is 6.41. The molecule has 0 saturated carbocycles. The molecule has 1 aromatic carbocycles. The van der Waals surface area contributed by atoms with Crippen molar-refractivity contribution in [2.75, 3.05) is 6.54 Å². The van der Waals surface area contributed by atoms with Crippen LogP contribution in [0, 0.1) is 0 Å². The van der Waals surface area contributed by atoms with Crippen LogP contribution >= 0.6 is 11.3 Å². The first kappa shape index (κ1) is 16.4. The zero-order valence-corrected chi connectivity index (χ0v) is 14.8. The Morgan fingerprint density at radius 1 is 0.962 bits per heavy atom. The summed E-state index contributed by atoms with van der Waals surface area (Å²) >= 11 is 1.54. The normalized spacial score (nSPS) is 12.2. The summed E-state index contributed by atoms with van der Waals surface area (Å²) < 4.78 is 12.6. The molecule has 5 nitrogen and oxygen atoms in total. The molecular formula is C20H17N3O2S. The minimum Gasteiger partial charge on any atom is -0.463 e. The molecule has 0 amide bonds. The van der Waals surface area contributed by atoms with Crippen molar-refractivity contribution in [2.45, 2.75) is 6.42 Å². The van der Waals surface area contributed by atoms with E-state index in [2.05, 4.69) is 17.2 Å². The van der Waals surface area contributed by atoms with E-state index >= 15 is 0 Å². The summed E-state index contributed by atoms with van der Waals surface area (Å²) in [6, 6.07) is 17.8. The lowest BCUT2D eigenvalue weighted by atomic mass is 10.2. The number of benzene rings is 1. The van der Waals surface area contributed by atoms with Crippen molar-refractivity contribution in [1.29, 1.82) is 0 Å². The first-order chi connectivity index (χ1) is 12.9. The van der Waals surface area contributed by atoms with Gasteiger partial charge in [0, 0.05) is 11.9 Å². The third-order valence-corrected chi connectivity index (χ3v) is 4.65. The summed E-state index contributed by atoms with van der Waals surface area (Å²) in [4.78, 5) is 5.54. The Bertz CT molecular complexity index is 1030. The maximum Gasteiger partial charge on any atom is 0.206 e. The summed E-state index contributed by atoms with van der Waals surface area (Å²) in [5.41, 5.74) is 2.13. The van der Waals surface area contributed by atoms with Gasteiger partial charge >= 0.3 is 0 Å². The molecule has 0 bridgehead atoms. The number of nitrogens with zero attached hydrogens (tertiary/aromatic N) is 3. The number of furan rings is 2. The Morgan fingerprint density at radius 2 is 1.81 bits per heavy atom. The Morgan fingerprint density at radius 3 is 2.58 bits per heavy atom. The molecule has 6 heteroatoms. The first-order valence-corrected chi connectivity index (χ1v) is 9.15. The van der Waals surface area contributed by atoms with E-state index < -0.39 is 0 Å². The minimum absolute atomic E-state index is 0.685. The largest absolute Gasteiger partial charge is 0.463 e. The molecule has 0 atom stereocenters. The van der Waals surface area contributed by atoms with Crippen LogP contribution in [0.3, 0.4) is 0 Å². The molecular weight excluding hydrogens is 346 g/mol. The molecule has 0 aliphatic carbocycles. The fraction of sp³-hybridized carbons (Fsp3) is 0.100. The molecule has 3 aromatic heterocycles. The molecule has 130 valence electrons. The van der Waals surface area contributed by atoms with Gasteiger partial charge in [-0.1, -0.05) is 30.3 Å². The Labute approximate surface area is 154 Å². The van der Waals surface area contributed by atoms with Gasteiger partial charge in [0.15, 0.2) is 5.76 Å². The maximum absolute atomic E-state index is 5.53. The van der Waals surface area contributed by atoms with Crippen molar-refractivity contribution in [2.24, 2.45) is 10.1 Å². The third kappa shape index (κ3) is 3.75. The van der Waals surface area contributed by atoms with Crippen LogP contribution in [-0.4, -0.2) is 17.4 Å². The van der Waals surface area contributed by atoms with Gasteiger partial charge in [0.1, 0.15) is 11.5 Å². The fourth-order valence-electron chi connectivity index (χ4n) is 2.52. The second-order valence-electron chi connectivity index (χ2n) is 5.57. The van der Waals surface area contributed by atoms with Crippen molar-refractivity contribution < 1.29 is 8.83 Å². The van der Waals surface area contributed by atoms with E-state index in [0.29, 0.717) is 12.3 Å². The zero-order chi connectivity index (χ0) is 17.6. The van der Waals surface area contributed by atoms with Gasteiger partial charge < -0.3 is 8.83 Å². The number of thiazole rings is 1. The van der Waals surface area contributed by atoms with E-state index in [9.17, 15) is 0 Å². The molecule has 0 N–H and O–H groups in total. The van der Waals surface area contributed by atoms with Crippen LogP contribution < -0.4 is 4.80 Å². The quantitative estimate of drug-likeness (QED) is 0.476. The van der Waals surface area contributed by atoms with Crippen molar-refractivity contribution in [3.05, 3.63) is 88.6 Å². The topological polar surface area (TPSA) is 55.9 Å². The predicted molar refractivity (Wildman–Crippen MR) is 102 cm³/mol. The van der Waals surface area contributed by atoms with E-state index in [1.807, 2.05) is 47.8 Å². The van der Waals surface area contributed by atoms with Gasteiger partial charge in [-0.3, -0.25) is 4.99 Å². The molecule has 3 heterocycles. The van der Waals surface area contributed by atoms with Crippen LogP contribution in [0.15, 0.2) is 91.4 Å². The van der Waals surface area contributed by atoms with Crippen LogP contribution in [-0.2, 0) is 6.42 Å². The molecule has 0 saturated heterocycles. The monoisotopic (exact) mass is 363 g/mol. The number of rotatable bonds is 6. The average Bonchev–Trinajstić information content (AvgIpc) is 3.42. The number of hydrogen-bond donors (Lipinski definition) is 0. The highest BCUT2D eigenvalue weighted by molar-refractivity contribution is 7.07. The molecule has 0 radical (unpaired) electrons. The predicted octanol–water partition coefficient (Wildman–Crippen LogP) is 4.43. The van der Waals surface area contributed by atoms with E-state index in [4.69, 9.17) is 13.8 Å². The fourth-order valence-corrected chi connectivity index (χ4v) is 3.36. The molecule has 0 fully saturated rings. The van der Waals surface area contributed by atoms with Crippen molar-refractivity contribution in [1.82, 2.24) is 4.68 Å². The summed E-state index contributed by atoms with van der Waals surface area (Å²) in [6.45, 7) is 0.693. The number of hydrogen-bond acceptors (Lipinski definition) is 5. The highest BCUT2D eigenvalue weighted by Crippen LogP contribution is 2.20. The number of aromatic nitrogens is 1. The first-order valence-electron chi connectivity index (χ1n) is 8.27. The van der Waals surface area contributed by atoms with Crippen molar-refractivity contribution in [3.8, 4) is 11.5 Å². The maximum atomic E-state index is 5.53. The molecule has 0 unspecified atom stereocenters. The van der Waals surface area contributed by atoms with E-state index in [1.165, 1.54) is 16.9 Å². The van der Waals surface area contributed by atoms with Crippen LogP contribution in [0.4, 0.5) is 0 Å². The molecule has 4 rings (SSSR count). The zero-order valence-electron chi connectivity index (χ0n) is 14.0. The third-order valence-electron chi connectivity index (χ3n) is 3.79.